The maximum atomic E-state index is 11.4. The van der Waals surface area contributed by atoms with Gasteiger partial charge in [0.2, 0.25) is 0 Å². The third-order valence-corrected chi connectivity index (χ3v) is 1.16. The molecule has 6 heteroatoms. The Kier molecular flexibility index (Phi) is 4.33. The number of hydrogen-bond acceptors (Lipinski definition) is 4. The third-order valence-electron chi connectivity index (χ3n) is 1.16. The van der Waals surface area contributed by atoms with Gasteiger partial charge in [0, 0.05) is 4.53 Å². The molecule has 1 N–H and O–H groups in total. The van der Waals surface area contributed by atoms with Crippen LogP contribution in [0.3, 0.4) is 0 Å². The highest BCUT2D eigenvalue weighted by Gasteiger charge is 2.22. The van der Waals surface area contributed by atoms with Crippen molar-refractivity contribution in [3.8, 4) is 0 Å². The molecule has 0 aromatic carbocycles. The van der Waals surface area contributed by atoms with Crippen molar-refractivity contribution in [3.05, 3.63) is 0 Å². The molecule has 0 aliphatic heterocycles. The lowest BCUT2D eigenvalue weighted by atomic mass is 10.2. The number of carbonyl (C=O) groups is 2. The maximum absolute atomic E-state index is 11.4. The number of amides is 1. The summed E-state index contributed by atoms with van der Waals surface area (Å²) in [6.07, 6.45) is -0.796. The average Bonchev–Trinajstić information content (AvgIpc) is 1.99. The van der Waals surface area contributed by atoms with Crippen molar-refractivity contribution in [2.24, 2.45) is 0 Å². The Hall–Kier alpha value is -1.33. The Labute approximate surface area is 81.5 Å². The number of nitrogens with one attached hydrogen (secondary N) is 1. The quantitative estimate of drug-likeness (QED) is 0.741. The summed E-state index contributed by atoms with van der Waals surface area (Å²) < 4.78 is 16.2. The van der Waals surface area contributed by atoms with E-state index in [9.17, 15) is 14.1 Å². The molecule has 0 aliphatic carbocycles. The van der Waals surface area contributed by atoms with Crippen LogP contribution in [0.5, 0.6) is 0 Å². The van der Waals surface area contributed by atoms with Gasteiger partial charge in [0.15, 0.2) is 0 Å². The van der Waals surface area contributed by atoms with E-state index in [0.29, 0.717) is 0 Å². The zero-order valence-corrected chi connectivity index (χ0v) is 8.59. The van der Waals surface area contributed by atoms with Crippen molar-refractivity contribution < 1.29 is 23.8 Å². The fourth-order valence-electron chi connectivity index (χ4n) is 0.610. The standard InChI is InChI=1S/C8H14FNO4/c1-5(6(11)14-9)10-7(12)13-8(2,3)4/h5H,1-4H3,(H,10,12). The van der Waals surface area contributed by atoms with Crippen LogP contribution in [0.15, 0.2) is 0 Å². The number of rotatable bonds is 2. The molecule has 1 unspecified atom stereocenters. The molecule has 82 valence electrons. The largest absolute Gasteiger partial charge is 0.444 e. The summed E-state index contributed by atoms with van der Waals surface area (Å²) in [5.74, 6) is -1.17. The molecule has 0 saturated heterocycles. The molecule has 0 aliphatic rings. The summed E-state index contributed by atoms with van der Waals surface area (Å²) in [5, 5.41) is 2.11. The smallest absolute Gasteiger partial charge is 0.408 e. The minimum Gasteiger partial charge on any atom is -0.444 e. The molecule has 0 fully saturated rings. The lowest BCUT2D eigenvalue weighted by Gasteiger charge is -2.20. The first kappa shape index (κ1) is 12.7. The maximum Gasteiger partial charge on any atom is 0.408 e. The molecule has 0 radical (unpaired) electrons. The van der Waals surface area contributed by atoms with Gasteiger partial charge in [-0.1, -0.05) is 0 Å². The highest BCUT2D eigenvalue weighted by Crippen LogP contribution is 2.06. The predicted octanol–water partition coefficient (Wildman–Crippen LogP) is 1.33. The van der Waals surface area contributed by atoms with Crippen molar-refractivity contribution in [3.63, 3.8) is 0 Å². The van der Waals surface area contributed by atoms with E-state index in [1.165, 1.54) is 6.92 Å². The normalized spacial score (nSPS) is 12.9. The van der Waals surface area contributed by atoms with Crippen LogP contribution in [0.4, 0.5) is 9.32 Å². The number of hydrogen-bond donors (Lipinski definition) is 1. The SMILES string of the molecule is CC(NC(=O)OC(C)(C)C)C(=O)OF. The first-order valence-electron chi connectivity index (χ1n) is 4.08. The summed E-state index contributed by atoms with van der Waals surface area (Å²) in [7, 11) is 0. The predicted molar refractivity (Wildman–Crippen MR) is 46.0 cm³/mol. The van der Waals surface area contributed by atoms with Gasteiger partial charge in [-0.05, 0) is 27.7 Å². The monoisotopic (exact) mass is 207 g/mol. The molecular weight excluding hydrogens is 193 g/mol. The van der Waals surface area contributed by atoms with Gasteiger partial charge in [0.1, 0.15) is 11.6 Å². The molecule has 0 heterocycles. The van der Waals surface area contributed by atoms with E-state index >= 15 is 0 Å². The Balaban J connectivity index is 4.01. The zero-order valence-electron chi connectivity index (χ0n) is 8.59. The first-order valence-corrected chi connectivity index (χ1v) is 4.08. The van der Waals surface area contributed by atoms with Crippen LogP contribution in [-0.2, 0) is 14.5 Å². The van der Waals surface area contributed by atoms with Crippen molar-refractivity contribution in [1.82, 2.24) is 5.32 Å². The van der Waals surface area contributed by atoms with Gasteiger partial charge in [-0.2, -0.15) is 0 Å². The van der Waals surface area contributed by atoms with Gasteiger partial charge in [0.05, 0.1) is 0 Å². The molecule has 0 rings (SSSR count). The Morgan fingerprint density at radius 2 is 1.86 bits per heavy atom. The third kappa shape index (κ3) is 5.34. The molecule has 0 aromatic heterocycles. The Morgan fingerprint density at radius 1 is 1.36 bits per heavy atom. The molecule has 5 nitrogen and oxygen atoms in total. The van der Waals surface area contributed by atoms with E-state index in [2.05, 4.69) is 10.3 Å². The molecule has 1 amide bonds. The van der Waals surface area contributed by atoms with Crippen molar-refractivity contribution in [2.75, 3.05) is 0 Å². The number of alkyl carbamates (subject to hydrolysis) is 1. The minimum absolute atomic E-state index is 0.663. The average molecular weight is 207 g/mol. The number of ether oxygens (including phenoxy) is 1. The van der Waals surface area contributed by atoms with E-state index in [1.54, 1.807) is 20.8 Å². The van der Waals surface area contributed by atoms with Crippen LogP contribution < -0.4 is 5.32 Å². The lowest BCUT2D eigenvalue weighted by molar-refractivity contribution is -0.185. The van der Waals surface area contributed by atoms with Crippen LogP contribution in [0.25, 0.3) is 0 Å². The summed E-state index contributed by atoms with van der Waals surface area (Å²) in [6.45, 7) is 6.30. The topological polar surface area (TPSA) is 64.6 Å². The molecular formula is C8H14FNO4. The van der Waals surface area contributed by atoms with Crippen LogP contribution >= 0.6 is 0 Å². The molecule has 0 aromatic rings. The molecule has 14 heavy (non-hydrogen) atoms. The van der Waals surface area contributed by atoms with E-state index < -0.39 is 23.7 Å². The highest BCUT2D eigenvalue weighted by atomic mass is 19.3. The molecule has 0 saturated carbocycles. The van der Waals surface area contributed by atoms with Gasteiger partial charge in [-0.3, -0.25) is 4.94 Å². The first-order chi connectivity index (χ1) is 6.26. The number of carbonyl (C=O) groups excluding carboxylic acids is 2. The van der Waals surface area contributed by atoms with E-state index in [-0.39, 0.29) is 0 Å². The van der Waals surface area contributed by atoms with Crippen molar-refractivity contribution in [2.45, 2.75) is 39.3 Å². The Morgan fingerprint density at radius 3 is 2.21 bits per heavy atom. The second-order valence-electron chi connectivity index (χ2n) is 3.76. The number of halogens is 1. The molecule has 1 atom stereocenters. The van der Waals surface area contributed by atoms with Crippen molar-refractivity contribution in [1.29, 1.82) is 0 Å². The summed E-state index contributed by atoms with van der Waals surface area (Å²) in [4.78, 5) is 24.5. The van der Waals surface area contributed by atoms with E-state index in [0.717, 1.165) is 0 Å². The van der Waals surface area contributed by atoms with Gasteiger partial charge in [-0.25, -0.2) is 9.59 Å². The fourth-order valence-corrected chi connectivity index (χ4v) is 0.610. The van der Waals surface area contributed by atoms with Gasteiger partial charge < -0.3 is 10.1 Å². The van der Waals surface area contributed by atoms with Crippen LogP contribution in [0.2, 0.25) is 0 Å². The zero-order chi connectivity index (χ0) is 11.4. The Bertz CT molecular complexity index is 224. The van der Waals surface area contributed by atoms with Crippen molar-refractivity contribution >= 4 is 12.1 Å². The van der Waals surface area contributed by atoms with Crippen LogP contribution in [0.1, 0.15) is 27.7 Å². The summed E-state index contributed by atoms with van der Waals surface area (Å²) in [6, 6.07) is -1.07. The van der Waals surface area contributed by atoms with E-state index in [1.807, 2.05) is 0 Å². The summed E-state index contributed by atoms with van der Waals surface area (Å²) in [5.41, 5.74) is -0.663. The lowest BCUT2D eigenvalue weighted by Crippen LogP contribution is -2.41. The van der Waals surface area contributed by atoms with E-state index in [4.69, 9.17) is 4.74 Å². The van der Waals surface area contributed by atoms with Gasteiger partial charge in [-0.15, -0.1) is 0 Å². The minimum atomic E-state index is -1.17. The summed E-state index contributed by atoms with van der Waals surface area (Å²) >= 11 is 0. The highest BCUT2D eigenvalue weighted by molar-refractivity contribution is 5.80. The molecule has 0 bridgehead atoms. The second-order valence-corrected chi connectivity index (χ2v) is 3.76. The second kappa shape index (κ2) is 4.78. The van der Waals surface area contributed by atoms with Crippen LogP contribution in [-0.4, -0.2) is 23.7 Å². The van der Waals surface area contributed by atoms with Crippen LogP contribution in [0, 0.1) is 0 Å². The molecule has 0 spiro atoms. The van der Waals surface area contributed by atoms with Gasteiger partial charge >= 0.3 is 12.1 Å². The van der Waals surface area contributed by atoms with Gasteiger partial charge in [0.25, 0.3) is 0 Å². The fraction of sp³-hybridized carbons (Fsp3) is 0.750.